The van der Waals surface area contributed by atoms with E-state index < -0.39 is 51.7 Å². The zero-order valence-corrected chi connectivity index (χ0v) is 24.1. The van der Waals surface area contributed by atoms with Crippen LogP contribution in [0.2, 0.25) is 0 Å². The highest BCUT2D eigenvalue weighted by Gasteiger charge is 2.32. The van der Waals surface area contributed by atoms with Gasteiger partial charge < -0.3 is 20.7 Å². The quantitative estimate of drug-likeness (QED) is 0.220. The van der Waals surface area contributed by atoms with E-state index in [2.05, 4.69) is 16.0 Å². The lowest BCUT2D eigenvalue weighted by Gasteiger charge is -2.24. The second kappa shape index (κ2) is 14.9. The lowest BCUT2D eigenvalue weighted by molar-refractivity contribution is -0.141. The maximum atomic E-state index is 13.4. The van der Waals surface area contributed by atoms with Crippen LogP contribution in [0.15, 0.2) is 89.8 Å². The Labute approximate surface area is 244 Å². The molecule has 2 atom stereocenters. The maximum absolute atomic E-state index is 13.4. The minimum absolute atomic E-state index is 0.00435. The Hall–Kier alpha value is -4.55. The Bertz CT molecular complexity index is 1480. The number of primary sulfonamides is 1. The molecule has 5 N–H and O–H groups in total. The lowest BCUT2D eigenvalue weighted by atomic mass is 9.97. The number of Topliss-reactive ketones (excluding diaryl/α,β-unsaturated/α-hetero) is 1. The fourth-order valence-electron chi connectivity index (χ4n) is 3.96. The van der Waals surface area contributed by atoms with Gasteiger partial charge in [-0.2, -0.15) is 0 Å². The summed E-state index contributed by atoms with van der Waals surface area (Å²) in [5.41, 5.74) is 2.07. The first-order valence-corrected chi connectivity index (χ1v) is 14.7. The van der Waals surface area contributed by atoms with E-state index in [0.717, 1.165) is 11.1 Å². The molecule has 0 bridgehead atoms. The zero-order chi connectivity index (χ0) is 30.7. The van der Waals surface area contributed by atoms with Gasteiger partial charge in [-0.25, -0.2) is 18.4 Å². The Morgan fingerprint density at radius 1 is 0.786 bits per heavy atom. The van der Waals surface area contributed by atoms with Gasteiger partial charge in [0.2, 0.25) is 21.7 Å². The van der Waals surface area contributed by atoms with Gasteiger partial charge in [0.1, 0.15) is 12.6 Å². The number of carbonyl (C=O) groups is 4. The smallest absolute Gasteiger partial charge is 0.408 e. The molecule has 0 aliphatic carbocycles. The summed E-state index contributed by atoms with van der Waals surface area (Å²) in [4.78, 5) is 51.6. The Kier molecular flexibility index (Phi) is 11.3. The number of rotatable bonds is 13. The fourth-order valence-corrected chi connectivity index (χ4v) is 4.48. The van der Waals surface area contributed by atoms with Crippen LogP contribution in [0.3, 0.4) is 0 Å². The molecule has 0 unspecified atom stereocenters. The molecule has 0 aliphatic rings. The van der Waals surface area contributed by atoms with E-state index in [-0.39, 0.29) is 24.5 Å². The topological polar surface area (TPSA) is 174 Å². The van der Waals surface area contributed by atoms with Gasteiger partial charge in [-0.1, -0.05) is 86.6 Å². The number of benzene rings is 3. The summed E-state index contributed by atoms with van der Waals surface area (Å²) < 4.78 is 28.1. The molecule has 222 valence electrons. The van der Waals surface area contributed by atoms with Gasteiger partial charge in [0.25, 0.3) is 5.91 Å². The molecule has 12 heteroatoms. The maximum Gasteiger partial charge on any atom is 0.408 e. The second-order valence-corrected chi connectivity index (χ2v) is 11.5. The van der Waals surface area contributed by atoms with Crippen LogP contribution in [0.5, 0.6) is 0 Å². The number of ether oxygens (including phenoxy) is 1. The van der Waals surface area contributed by atoms with Gasteiger partial charge in [-0.05, 0) is 34.7 Å². The van der Waals surface area contributed by atoms with Crippen LogP contribution in [0.25, 0.3) is 0 Å². The third-order valence-electron chi connectivity index (χ3n) is 6.28. The summed E-state index contributed by atoms with van der Waals surface area (Å²) >= 11 is 0. The summed E-state index contributed by atoms with van der Waals surface area (Å²) in [6.45, 7) is 3.30. The number of nitrogens with two attached hydrogens (primary N) is 1. The summed E-state index contributed by atoms with van der Waals surface area (Å²) in [6.07, 6.45) is -0.694. The van der Waals surface area contributed by atoms with E-state index >= 15 is 0 Å². The van der Waals surface area contributed by atoms with Crippen molar-refractivity contribution in [1.82, 2.24) is 16.0 Å². The SMILES string of the molecule is CC(C)[C@H](NC(=O)[C@H](Cc1ccccc1)NC(=O)OCc1ccccc1)C(=O)C(=O)NCc1ccc(S(N)(=O)=O)cc1. The van der Waals surface area contributed by atoms with Crippen LogP contribution < -0.4 is 21.1 Å². The first-order chi connectivity index (χ1) is 19.9. The van der Waals surface area contributed by atoms with Crippen LogP contribution in [0.1, 0.15) is 30.5 Å². The predicted molar refractivity (Wildman–Crippen MR) is 155 cm³/mol. The van der Waals surface area contributed by atoms with Gasteiger partial charge in [0, 0.05) is 13.0 Å². The van der Waals surface area contributed by atoms with Crippen LogP contribution in [-0.2, 0) is 48.7 Å². The molecule has 0 aromatic heterocycles. The summed E-state index contributed by atoms with van der Waals surface area (Å²) in [5, 5.41) is 12.8. The molecule has 0 saturated carbocycles. The molecule has 11 nitrogen and oxygen atoms in total. The summed E-state index contributed by atoms with van der Waals surface area (Å²) in [6, 6.07) is 21.3. The van der Waals surface area contributed by atoms with Gasteiger partial charge in [-0.15, -0.1) is 0 Å². The monoisotopic (exact) mass is 594 g/mol. The van der Waals surface area contributed by atoms with Gasteiger partial charge in [0.15, 0.2) is 0 Å². The third kappa shape index (κ3) is 9.82. The van der Waals surface area contributed by atoms with Crippen molar-refractivity contribution >= 4 is 33.7 Å². The zero-order valence-electron chi connectivity index (χ0n) is 23.3. The Balaban J connectivity index is 1.66. The number of amides is 3. The van der Waals surface area contributed by atoms with Gasteiger partial charge in [-0.3, -0.25) is 14.4 Å². The number of alkyl carbamates (subject to hydrolysis) is 1. The fraction of sp³-hybridized carbons (Fsp3) is 0.267. The van der Waals surface area contributed by atoms with E-state index in [1.54, 1.807) is 50.2 Å². The minimum atomic E-state index is -3.86. The highest BCUT2D eigenvalue weighted by molar-refractivity contribution is 7.89. The Morgan fingerprint density at radius 2 is 1.36 bits per heavy atom. The van der Waals surface area contributed by atoms with Crippen molar-refractivity contribution in [2.75, 3.05) is 0 Å². The molecule has 0 heterocycles. The van der Waals surface area contributed by atoms with Crippen LogP contribution >= 0.6 is 0 Å². The molecule has 3 aromatic carbocycles. The van der Waals surface area contributed by atoms with Gasteiger partial charge in [0.05, 0.1) is 10.9 Å². The highest BCUT2D eigenvalue weighted by atomic mass is 32.2. The van der Waals surface area contributed by atoms with Gasteiger partial charge >= 0.3 is 6.09 Å². The van der Waals surface area contributed by atoms with Crippen molar-refractivity contribution in [3.05, 3.63) is 102 Å². The normalized spacial score (nSPS) is 12.6. The molecule has 3 rings (SSSR count). The molecule has 3 aromatic rings. The molecule has 0 radical (unpaired) electrons. The first-order valence-electron chi connectivity index (χ1n) is 13.2. The van der Waals surface area contributed by atoms with E-state index in [0.29, 0.717) is 5.56 Å². The highest BCUT2D eigenvalue weighted by Crippen LogP contribution is 2.11. The average molecular weight is 595 g/mol. The molecule has 0 saturated heterocycles. The standard InChI is InChI=1S/C30H34N4O7S/c1-20(2)26(27(35)29(37)32-18-22-13-15-24(16-14-22)42(31,39)40)34-28(36)25(17-21-9-5-3-6-10-21)33-30(38)41-19-23-11-7-4-8-12-23/h3-16,20,25-26H,17-19H2,1-2H3,(H,32,37)(H,33,38)(H,34,36)(H2,31,39,40)/t25-,26-/m0/s1. The first kappa shape index (κ1) is 32.0. The molecule has 0 fully saturated rings. The number of hydrogen-bond donors (Lipinski definition) is 4. The molecular formula is C30H34N4O7S. The average Bonchev–Trinajstić information content (AvgIpc) is 2.97. The summed E-state index contributed by atoms with van der Waals surface area (Å²) in [5.74, 6) is -2.92. The molecule has 3 amide bonds. The number of hydrogen-bond acceptors (Lipinski definition) is 7. The summed E-state index contributed by atoms with van der Waals surface area (Å²) in [7, 11) is -3.86. The van der Waals surface area contributed by atoms with Crippen molar-refractivity contribution < 1.29 is 32.3 Å². The number of carbonyl (C=O) groups excluding carboxylic acids is 4. The Morgan fingerprint density at radius 3 is 1.90 bits per heavy atom. The van der Waals surface area contributed by atoms with Crippen molar-refractivity contribution in [3.63, 3.8) is 0 Å². The largest absolute Gasteiger partial charge is 0.445 e. The van der Waals surface area contributed by atoms with E-state index in [9.17, 15) is 27.6 Å². The van der Waals surface area contributed by atoms with Crippen molar-refractivity contribution in [3.8, 4) is 0 Å². The van der Waals surface area contributed by atoms with E-state index in [1.807, 2.05) is 24.3 Å². The molecular weight excluding hydrogens is 560 g/mol. The number of ketones is 1. The molecule has 0 aliphatic heterocycles. The van der Waals surface area contributed by atoms with Crippen molar-refractivity contribution in [2.45, 2.75) is 50.4 Å². The predicted octanol–water partition coefficient (Wildman–Crippen LogP) is 2.20. The number of sulfonamides is 1. The second-order valence-electron chi connectivity index (χ2n) is 9.91. The van der Waals surface area contributed by atoms with E-state index in [1.165, 1.54) is 24.3 Å². The van der Waals surface area contributed by atoms with E-state index in [4.69, 9.17) is 9.88 Å². The van der Waals surface area contributed by atoms with Crippen molar-refractivity contribution in [1.29, 1.82) is 0 Å². The lowest BCUT2D eigenvalue weighted by Crippen LogP contribution is -2.56. The van der Waals surface area contributed by atoms with Crippen LogP contribution in [0, 0.1) is 5.92 Å². The minimum Gasteiger partial charge on any atom is -0.445 e. The molecule has 0 spiro atoms. The molecule has 42 heavy (non-hydrogen) atoms. The number of nitrogens with one attached hydrogen (secondary N) is 3. The van der Waals surface area contributed by atoms with Crippen LogP contribution in [-0.4, -0.2) is 44.2 Å². The van der Waals surface area contributed by atoms with Crippen LogP contribution in [0.4, 0.5) is 4.79 Å². The third-order valence-corrected chi connectivity index (χ3v) is 7.21. The van der Waals surface area contributed by atoms with Crippen molar-refractivity contribution in [2.24, 2.45) is 11.1 Å².